The van der Waals surface area contributed by atoms with Crippen molar-refractivity contribution in [2.45, 2.75) is 6.61 Å². The van der Waals surface area contributed by atoms with Crippen molar-refractivity contribution in [1.82, 2.24) is 0 Å². The molecule has 2 rings (SSSR count). The first-order valence-electron chi connectivity index (χ1n) is 5.73. The number of ether oxygens (including phenoxy) is 1. The first-order valence-corrected chi connectivity index (χ1v) is 6.11. The molecular weight excluding hydrogens is 294 g/mol. The van der Waals surface area contributed by atoms with Crippen molar-refractivity contribution in [3.05, 3.63) is 58.9 Å². The zero-order valence-corrected chi connectivity index (χ0v) is 10.9. The summed E-state index contributed by atoms with van der Waals surface area (Å²) in [6.07, 6.45) is 0. The van der Waals surface area contributed by atoms with Crippen LogP contribution in [-0.2, 0) is 6.61 Å². The Kier molecular flexibility index (Phi) is 4.23. The summed E-state index contributed by atoms with van der Waals surface area (Å²) in [6, 6.07) is 8.45. The number of halogens is 5. The lowest BCUT2D eigenvalue weighted by Crippen LogP contribution is -2.33. The number of hydrogen-bond acceptors (Lipinski definition) is 1. The van der Waals surface area contributed by atoms with Crippen LogP contribution >= 0.6 is 11.6 Å². The summed E-state index contributed by atoms with van der Waals surface area (Å²) in [5, 5.41) is 0.209. The molecule has 0 fully saturated rings. The van der Waals surface area contributed by atoms with Gasteiger partial charge in [-0.2, -0.15) is 0 Å². The van der Waals surface area contributed by atoms with E-state index in [1.807, 2.05) is 0 Å². The summed E-state index contributed by atoms with van der Waals surface area (Å²) >= 11 is 5.81. The molecule has 0 aliphatic rings. The molecule has 0 heterocycles. The van der Waals surface area contributed by atoms with Gasteiger partial charge < -0.3 is 17.7 Å². The standard InChI is InChI=1S/C13H9BClF4O/c15-12-2-1-3-13(16)11(12)8-20-10-6-4-9(5-7-10)14(17,18)19/h1-7H,8H2/q-1. The minimum absolute atomic E-state index is 0.151. The summed E-state index contributed by atoms with van der Waals surface area (Å²) in [7, 11) is 0. The van der Waals surface area contributed by atoms with E-state index in [2.05, 4.69) is 0 Å². The number of benzene rings is 2. The van der Waals surface area contributed by atoms with E-state index in [4.69, 9.17) is 16.3 Å². The third-order valence-electron chi connectivity index (χ3n) is 2.70. The topological polar surface area (TPSA) is 9.23 Å². The van der Waals surface area contributed by atoms with Crippen LogP contribution in [0.4, 0.5) is 17.3 Å². The Morgan fingerprint density at radius 2 is 1.65 bits per heavy atom. The predicted octanol–water partition coefficient (Wildman–Crippen LogP) is 4.11. The minimum atomic E-state index is -5.03. The van der Waals surface area contributed by atoms with E-state index in [9.17, 15) is 17.3 Å². The molecule has 0 amide bonds. The SMILES string of the molecule is Fc1cccc(Cl)c1COc1ccc([B-](F)(F)F)cc1. The molecule has 0 bridgehead atoms. The highest BCUT2D eigenvalue weighted by Crippen LogP contribution is 2.21. The van der Waals surface area contributed by atoms with E-state index >= 15 is 0 Å². The molecule has 0 unspecified atom stereocenters. The Morgan fingerprint density at radius 3 is 2.20 bits per heavy atom. The monoisotopic (exact) mass is 303 g/mol. The molecule has 1 nitrogen and oxygen atoms in total. The number of rotatable bonds is 4. The van der Waals surface area contributed by atoms with Crippen molar-refractivity contribution in [3.63, 3.8) is 0 Å². The van der Waals surface area contributed by atoms with Gasteiger partial charge >= 0.3 is 6.98 Å². The van der Waals surface area contributed by atoms with E-state index in [1.165, 1.54) is 30.3 Å². The summed E-state index contributed by atoms with van der Waals surface area (Å²) in [6.45, 7) is -5.18. The summed E-state index contributed by atoms with van der Waals surface area (Å²) < 4.78 is 56.0. The zero-order chi connectivity index (χ0) is 14.8. The lowest BCUT2D eigenvalue weighted by molar-refractivity contribution is 0.300. The van der Waals surface area contributed by atoms with Crippen LogP contribution in [0.25, 0.3) is 0 Å². The van der Waals surface area contributed by atoms with Crippen LogP contribution in [0.5, 0.6) is 5.75 Å². The Morgan fingerprint density at radius 1 is 1.00 bits per heavy atom. The normalized spacial score (nSPS) is 11.4. The fourth-order valence-electron chi connectivity index (χ4n) is 1.61. The number of hydrogen-bond donors (Lipinski definition) is 0. The second-order valence-corrected chi connectivity index (χ2v) is 4.54. The maximum Gasteiger partial charge on any atom is 0.509 e. The van der Waals surface area contributed by atoms with Gasteiger partial charge in [0.05, 0.1) is 5.02 Å². The van der Waals surface area contributed by atoms with Gasteiger partial charge in [0, 0.05) is 5.56 Å². The summed E-state index contributed by atoms with van der Waals surface area (Å²) in [4.78, 5) is 0. The maximum atomic E-state index is 13.5. The maximum absolute atomic E-state index is 13.5. The molecule has 0 spiro atoms. The molecular formula is C13H9BClF4O-. The van der Waals surface area contributed by atoms with Crippen molar-refractivity contribution in [2.75, 3.05) is 0 Å². The smallest absolute Gasteiger partial charge is 0.489 e. The Balaban J connectivity index is 2.08. The molecule has 0 atom stereocenters. The Bertz CT molecular complexity index is 578. The van der Waals surface area contributed by atoms with Crippen molar-refractivity contribution < 1.29 is 22.1 Å². The van der Waals surface area contributed by atoms with Crippen molar-refractivity contribution in [3.8, 4) is 5.75 Å². The van der Waals surface area contributed by atoms with Gasteiger partial charge in [-0.1, -0.05) is 29.8 Å². The van der Waals surface area contributed by atoms with Gasteiger partial charge in [-0.25, -0.2) is 4.39 Å². The van der Waals surface area contributed by atoms with Crippen LogP contribution in [0, 0.1) is 5.82 Å². The molecule has 2 aromatic carbocycles. The second kappa shape index (κ2) is 5.75. The first kappa shape index (κ1) is 14.7. The van der Waals surface area contributed by atoms with Gasteiger partial charge in [0.25, 0.3) is 0 Å². The van der Waals surface area contributed by atoms with Crippen molar-refractivity contribution >= 4 is 24.0 Å². The van der Waals surface area contributed by atoms with Crippen LogP contribution in [0.15, 0.2) is 42.5 Å². The molecule has 2 aromatic rings. The van der Waals surface area contributed by atoms with Gasteiger partial charge in [0.1, 0.15) is 18.2 Å². The molecule has 0 saturated heterocycles. The fraction of sp³-hybridized carbons (Fsp3) is 0.0769. The van der Waals surface area contributed by atoms with Gasteiger partial charge in [-0.15, -0.1) is 5.46 Å². The molecule has 0 radical (unpaired) electrons. The third-order valence-corrected chi connectivity index (χ3v) is 3.06. The average molecular weight is 303 g/mol. The highest BCUT2D eigenvalue weighted by atomic mass is 35.5. The van der Waals surface area contributed by atoms with Gasteiger partial charge in [-0.05, 0) is 24.3 Å². The van der Waals surface area contributed by atoms with Gasteiger partial charge in [0.2, 0.25) is 0 Å². The quantitative estimate of drug-likeness (QED) is 0.610. The molecule has 20 heavy (non-hydrogen) atoms. The van der Waals surface area contributed by atoms with Gasteiger partial charge in [0.15, 0.2) is 0 Å². The third kappa shape index (κ3) is 3.45. The molecule has 0 saturated carbocycles. The lowest BCUT2D eigenvalue weighted by Gasteiger charge is -2.15. The molecule has 0 aliphatic heterocycles. The van der Waals surface area contributed by atoms with Crippen LogP contribution in [0.2, 0.25) is 5.02 Å². The van der Waals surface area contributed by atoms with Crippen LogP contribution in [-0.4, -0.2) is 6.98 Å². The van der Waals surface area contributed by atoms with E-state index < -0.39 is 18.3 Å². The highest BCUT2D eigenvalue weighted by molar-refractivity contribution is 6.73. The average Bonchev–Trinajstić information content (AvgIpc) is 2.37. The molecule has 7 heteroatoms. The molecule has 0 aliphatic carbocycles. The first-order chi connectivity index (χ1) is 9.38. The van der Waals surface area contributed by atoms with Crippen LogP contribution < -0.4 is 10.2 Å². The largest absolute Gasteiger partial charge is 0.509 e. The van der Waals surface area contributed by atoms with Crippen molar-refractivity contribution in [1.29, 1.82) is 0 Å². The fourth-order valence-corrected chi connectivity index (χ4v) is 1.83. The highest BCUT2D eigenvalue weighted by Gasteiger charge is 2.25. The van der Waals surface area contributed by atoms with Crippen LogP contribution in [0.1, 0.15) is 5.56 Å². The predicted molar refractivity (Wildman–Crippen MR) is 70.9 cm³/mol. The molecule has 0 N–H and O–H groups in total. The van der Waals surface area contributed by atoms with E-state index in [1.54, 1.807) is 0 Å². The second-order valence-electron chi connectivity index (χ2n) is 4.13. The molecule has 106 valence electrons. The van der Waals surface area contributed by atoms with E-state index in [0.717, 1.165) is 12.1 Å². The minimum Gasteiger partial charge on any atom is -0.489 e. The van der Waals surface area contributed by atoms with E-state index in [-0.39, 0.29) is 22.9 Å². The summed E-state index contributed by atoms with van der Waals surface area (Å²) in [5.74, 6) is -0.305. The summed E-state index contributed by atoms with van der Waals surface area (Å²) in [5.41, 5.74) is -0.542. The van der Waals surface area contributed by atoms with Crippen molar-refractivity contribution in [2.24, 2.45) is 0 Å². The lowest BCUT2D eigenvalue weighted by atomic mass is 9.80. The Hall–Kier alpha value is -1.69. The van der Waals surface area contributed by atoms with Gasteiger partial charge in [-0.3, -0.25) is 0 Å². The van der Waals surface area contributed by atoms with E-state index in [0.29, 0.717) is 0 Å². The molecule has 0 aromatic heterocycles. The Labute approximate surface area is 118 Å². The van der Waals surface area contributed by atoms with Crippen LogP contribution in [0.3, 0.4) is 0 Å². The zero-order valence-electron chi connectivity index (χ0n) is 10.1.